The summed E-state index contributed by atoms with van der Waals surface area (Å²) in [5.41, 5.74) is 1.35. The van der Waals surface area contributed by atoms with Crippen LogP contribution in [0.5, 0.6) is 17.5 Å². The molecule has 1 atom stereocenters. The van der Waals surface area contributed by atoms with Crippen molar-refractivity contribution >= 4 is 22.8 Å². The van der Waals surface area contributed by atoms with Crippen LogP contribution in [0.4, 0.5) is 4.79 Å². The van der Waals surface area contributed by atoms with Gasteiger partial charge in [0.2, 0.25) is 11.8 Å². The number of imidazole rings is 1. The van der Waals surface area contributed by atoms with Gasteiger partial charge < -0.3 is 23.5 Å². The van der Waals surface area contributed by atoms with Crippen LogP contribution < -0.4 is 9.47 Å². The fourth-order valence-electron chi connectivity index (χ4n) is 3.59. The largest absolute Gasteiger partial charge is 0.472 e. The van der Waals surface area contributed by atoms with E-state index in [0.29, 0.717) is 48.1 Å². The van der Waals surface area contributed by atoms with E-state index in [2.05, 4.69) is 19.9 Å². The Balaban J connectivity index is 1.32. The Morgan fingerprint density at radius 2 is 2.00 bits per heavy atom. The molecule has 10 heteroatoms. The van der Waals surface area contributed by atoms with Gasteiger partial charge >= 0.3 is 6.09 Å². The van der Waals surface area contributed by atoms with Gasteiger partial charge in [0.15, 0.2) is 5.52 Å². The summed E-state index contributed by atoms with van der Waals surface area (Å²) in [7, 11) is 0. The third-order valence-electron chi connectivity index (χ3n) is 5.09. The average molecular weight is 448 g/mol. The Morgan fingerprint density at radius 3 is 2.85 bits per heavy atom. The van der Waals surface area contributed by atoms with Gasteiger partial charge in [-0.1, -0.05) is 0 Å². The predicted octanol–water partition coefficient (Wildman–Crippen LogP) is 3.85. The number of hydrogen-bond donors (Lipinski definition) is 0. The summed E-state index contributed by atoms with van der Waals surface area (Å²) in [4.78, 5) is 31.4. The molecule has 0 aliphatic carbocycles. The number of hydrogen-bond acceptors (Lipinski definition) is 8. The lowest BCUT2D eigenvalue weighted by Gasteiger charge is -2.24. The molecule has 0 N–H and O–H groups in total. The molecule has 170 valence electrons. The van der Waals surface area contributed by atoms with Crippen LogP contribution in [0.25, 0.3) is 16.7 Å². The minimum atomic E-state index is -0.533. The molecule has 10 nitrogen and oxygen atoms in total. The maximum Gasteiger partial charge on any atom is 0.410 e. The quantitative estimate of drug-likeness (QED) is 0.464. The first-order valence-corrected chi connectivity index (χ1v) is 10.7. The molecule has 4 aromatic heterocycles. The van der Waals surface area contributed by atoms with Gasteiger partial charge in [-0.25, -0.2) is 19.7 Å². The van der Waals surface area contributed by atoms with Gasteiger partial charge in [-0.2, -0.15) is 4.98 Å². The Labute approximate surface area is 190 Å². The number of nitrogens with zero attached hydrogens (tertiary/aromatic N) is 6. The molecular weight excluding hydrogens is 424 g/mol. The normalized spacial score (nSPS) is 16.3. The number of carbonyl (C=O) groups is 1. The van der Waals surface area contributed by atoms with Gasteiger partial charge in [-0.3, -0.25) is 0 Å². The zero-order valence-corrected chi connectivity index (χ0v) is 18.6. The van der Waals surface area contributed by atoms with E-state index in [9.17, 15) is 4.79 Å². The summed E-state index contributed by atoms with van der Waals surface area (Å²) in [6.45, 7) is 6.56. The van der Waals surface area contributed by atoms with E-state index in [-0.39, 0.29) is 12.2 Å². The maximum absolute atomic E-state index is 12.3. The van der Waals surface area contributed by atoms with E-state index < -0.39 is 5.60 Å². The summed E-state index contributed by atoms with van der Waals surface area (Å²) in [6, 6.07) is 7.21. The molecule has 33 heavy (non-hydrogen) atoms. The van der Waals surface area contributed by atoms with Crippen LogP contribution in [0, 0.1) is 0 Å². The highest BCUT2D eigenvalue weighted by molar-refractivity contribution is 5.79. The Kier molecular flexibility index (Phi) is 5.20. The molecule has 0 spiro atoms. The van der Waals surface area contributed by atoms with Crippen molar-refractivity contribution in [2.24, 2.45) is 0 Å². The highest BCUT2D eigenvalue weighted by atomic mass is 16.6. The fourth-order valence-corrected chi connectivity index (χ4v) is 3.59. The van der Waals surface area contributed by atoms with E-state index in [1.54, 1.807) is 17.2 Å². The topological polar surface area (TPSA) is 104 Å². The standard InChI is InChI=1S/C23H24N6O4/c1-23(2,3)33-22(30)29-10-7-16(13-29)31-19-5-4-17-20(27-19)21(26-14-25-17)32-15-6-9-28-11-8-24-18(28)12-15/h4-6,8-9,11-12,14,16H,7,10,13H2,1-3H3/t16-/m0/s1. The number of carbonyl (C=O) groups excluding carboxylic acids is 1. The molecule has 0 bridgehead atoms. The van der Waals surface area contributed by atoms with Crippen LogP contribution >= 0.6 is 0 Å². The van der Waals surface area contributed by atoms with Crippen molar-refractivity contribution < 1.29 is 19.0 Å². The molecule has 4 aromatic rings. The van der Waals surface area contributed by atoms with Crippen LogP contribution in [0.15, 0.2) is 49.2 Å². The van der Waals surface area contributed by atoms with Crippen LogP contribution in [0.1, 0.15) is 27.2 Å². The predicted molar refractivity (Wildman–Crippen MR) is 119 cm³/mol. The molecular formula is C23H24N6O4. The van der Waals surface area contributed by atoms with Gasteiger partial charge in [0.25, 0.3) is 0 Å². The average Bonchev–Trinajstić information content (AvgIpc) is 3.42. The Hall–Kier alpha value is -3.95. The number of rotatable bonds is 4. The number of pyridine rings is 2. The highest BCUT2D eigenvalue weighted by Crippen LogP contribution is 2.28. The monoisotopic (exact) mass is 448 g/mol. The van der Waals surface area contributed by atoms with Gasteiger partial charge in [-0.15, -0.1) is 0 Å². The summed E-state index contributed by atoms with van der Waals surface area (Å²) in [6.07, 6.45) is 7.05. The molecule has 1 amide bonds. The SMILES string of the molecule is CC(C)(C)OC(=O)N1CC[C@H](Oc2ccc3ncnc(Oc4ccn5ccnc5c4)c3n2)C1. The molecule has 0 saturated carbocycles. The first kappa shape index (κ1) is 20.9. The summed E-state index contributed by atoms with van der Waals surface area (Å²) in [5, 5.41) is 0. The van der Waals surface area contributed by atoms with Gasteiger partial charge in [-0.05, 0) is 32.9 Å². The Bertz CT molecular complexity index is 1320. The molecule has 5 heterocycles. The Morgan fingerprint density at radius 1 is 1.12 bits per heavy atom. The maximum atomic E-state index is 12.3. The van der Waals surface area contributed by atoms with Crippen LogP contribution in [0.2, 0.25) is 0 Å². The number of aromatic nitrogens is 5. The van der Waals surface area contributed by atoms with Gasteiger partial charge in [0.1, 0.15) is 29.4 Å². The molecule has 1 aliphatic rings. The van der Waals surface area contributed by atoms with Crippen LogP contribution in [-0.4, -0.2) is 60.1 Å². The molecule has 0 radical (unpaired) electrons. The molecule has 1 aliphatic heterocycles. The second kappa shape index (κ2) is 8.19. The summed E-state index contributed by atoms with van der Waals surface area (Å²) in [5.74, 6) is 1.33. The molecule has 1 fully saturated rings. The number of ether oxygens (including phenoxy) is 3. The lowest BCUT2D eigenvalue weighted by atomic mass is 10.2. The van der Waals surface area contributed by atoms with E-state index >= 15 is 0 Å². The zero-order chi connectivity index (χ0) is 23.0. The molecule has 0 aromatic carbocycles. The molecule has 0 unspecified atom stereocenters. The second-order valence-electron chi connectivity index (χ2n) is 8.81. The number of amides is 1. The lowest BCUT2D eigenvalue weighted by molar-refractivity contribution is 0.0275. The van der Waals surface area contributed by atoms with Crippen LogP contribution in [0.3, 0.4) is 0 Å². The number of fused-ring (bicyclic) bond motifs is 2. The van der Waals surface area contributed by atoms with Gasteiger partial charge in [0.05, 0.1) is 12.1 Å². The van der Waals surface area contributed by atoms with E-state index in [1.807, 2.05) is 55.8 Å². The first-order chi connectivity index (χ1) is 15.8. The van der Waals surface area contributed by atoms with Crippen molar-refractivity contribution in [2.75, 3.05) is 13.1 Å². The van der Waals surface area contributed by atoms with Crippen molar-refractivity contribution in [1.82, 2.24) is 29.2 Å². The van der Waals surface area contributed by atoms with Crippen molar-refractivity contribution in [3.8, 4) is 17.5 Å². The van der Waals surface area contributed by atoms with Crippen molar-refractivity contribution in [1.29, 1.82) is 0 Å². The minimum absolute atomic E-state index is 0.181. The van der Waals surface area contributed by atoms with E-state index in [0.717, 1.165) is 5.65 Å². The molecule has 5 rings (SSSR count). The highest BCUT2D eigenvalue weighted by Gasteiger charge is 2.31. The lowest BCUT2D eigenvalue weighted by Crippen LogP contribution is -2.36. The van der Waals surface area contributed by atoms with Crippen molar-refractivity contribution in [2.45, 2.75) is 38.9 Å². The minimum Gasteiger partial charge on any atom is -0.472 e. The smallest absolute Gasteiger partial charge is 0.410 e. The van der Waals surface area contributed by atoms with E-state index in [1.165, 1.54) is 6.33 Å². The fraction of sp³-hybridized carbons (Fsp3) is 0.348. The zero-order valence-electron chi connectivity index (χ0n) is 18.6. The molecule has 1 saturated heterocycles. The first-order valence-electron chi connectivity index (χ1n) is 10.7. The third-order valence-corrected chi connectivity index (χ3v) is 5.09. The number of likely N-dealkylation sites (tertiary alicyclic amines) is 1. The van der Waals surface area contributed by atoms with Crippen molar-refractivity contribution in [3.63, 3.8) is 0 Å². The van der Waals surface area contributed by atoms with Crippen molar-refractivity contribution in [3.05, 3.63) is 49.2 Å². The second-order valence-corrected chi connectivity index (χ2v) is 8.81. The van der Waals surface area contributed by atoms with Gasteiger partial charge in [0, 0.05) is 43.7 Å². The summed E-state index contributed by atoms with van der Waals surface area (Å²) >= 11 is 0. The van der Waals surface area contributed by atoms with E-state index in [4.69, 9.17) is 14.2 Å². The summed E-state index contributed by atoms with van der Waals surface area (Å²) < 4.78 is 19.4. The third kappa shape index (κ3) is 4.64. The van der Waals surface area contributed by atoms with Crippen LogP contribution in [-0.2, 0) is 4.74 Å².